The minimum atomic E-state index is 0.752. The molecule has 0 aliphatic rings. The molecule has 3 nitrogen and oxygen atoms in total. The lowest BCUT2D eigenvalue weighted by atomic mass is 10.3. The van der Waals surface area contributed by atoms with Crippen LogP contribution in [0.15, 0.2) is 26.4 Å². The van der Waals surface area contributed by atoms with Gasteiger partial charge in [0.2, 0.25) is 0 Å². The van der Waals surface area contributed by atoms with Gasteiger partial charge in [0, 0.05) is 5.56 Å². The predicted octanol–water partition coefficient (Wildman–Crippen LogP) is 2.82. The number of oxime groups is 1. The summed E-state index contributed by atoms with van der Waals surface area (Å²) >= 11 is 3.31. The summed E-state index contributed by atoms with van der Waals surface area (Å²) < 4.78 is 6.10. The predicted molar refractivity (Wildman–Crippen MR) is 50.5 cm³/mol. The number of hydrogen-bond donors (Lipinski definition) is 1. The van der Waals surface area contributed by atoms with Gasteiger partial charge in [-0.1, -0.05) is 5.16 Å². The van der Waals surface area contributed by atoms with Gasteiger partial charge in [-0.25, -0.2) is 0 Å². The molecule has 0 aliphatic carbocycles. The summed E-state index contributed by atoms with van der Waals surface area (Å²) in [6, 6.07) is 0. The van der Waals surface area contributed by atoms with E-state index in [1.165, 1.54) is 6.21 Å². The first-order valence-corrected chi connectivity index (χ1v) is 4.12. The zero-order valence-corrected chi connectivity index (χ0v) is 8.08. The topological polar surface area (TPSA) is 45.7 Å². The van der Waals surface area contributed by atoms with Gasteiger partial charge in [-0.05, 0) is 35.0 Å². The largest absolute Gasteiger partial charge is 0.463 e. The summed E-state index contributed by atoms with van der Waals surface area (Å²) in [5, 5.41) is 10.9. The van der Waals surface area contributed by atoms with Gasteiger partial charge in [0.15, 0.2) is 0 Å². The molecular weight excluding hydrogens is 222 g/mol. The Balaban J connectivity index is 2.82. The van der Waals surface area contributed by atoms with E-state index in [0.29, 0.717) is 0 Å². The molecule has 1 rings (SSSR count). The zero-order chi connectivity index (χ0) is 8.97. The molecule has 0 fully saturated rings. The number of rotatable bonds is 2. The highest BCUT2D eigenvalue weighted by atomic mass is 79.9. The van der Waals surface area contributed by atoms with Crippen molar-refractivity contribution in [3.63, 3.8) is 0 Å². The van der Waals surface area contributed by atoms with Crippen LogP contribution in [0.4, 0.5) is 0 Å². The molecule has 0 aliphatic heterocycles. The second-order valence-electron chi connectivity index (χ2n) is 2.20. The normalized spacial score (nSPS) is 11.8. The number of hydrogen-bond acceptors (Lipinski definition) is 3. The van der Waals surface area contributed by atoms with Gasteiger partial charge in [0.25, 0.3) is 0 Å². The summed E-state index contributed by atoms with van der Waals surface area (Å²) in [6.07, 6.45) is 6.21. The van der Waals surface area contributed by atoms with E-state index in [9.17, 15) is 0 Å². The maximum Gasteiger partial charge on any atom is 0.130 e. The summed E-state index contributed by atoms with van der Waals surface area (Å²) in [5.74, 6) is 0.752. The minimum Gasteiger partial charge on any atom is -0.463 e. The SMILES string of the molecule is Cc1c(Br)coc1/C=C\C=N\O. The van der Waals surface area contributed by atoms with E-state index in [-0.39, 0.29) is 0 Å². The first kappa shape index (κ1) is 9.06. The molecule has 1 aromatic heterocycles. The van der Waals surface area contributed by atoms with Crippen LogP contribution in [0.5, 0.6) is 0 Å². The number of nitrogens with zero attached hydrogens (tertiary/aromatic N) is 1. The van der Waals surface area contributed by atoms with Crippen LogP contribution in [0.25, 0.3) is 6.08 Å². The maximum absolute atomic E-state index is 8.10. The van der Waals surface area contributed by atoms with E-state index >= 15 is 0 Å². The van der Waals surface area contributed by atoms with Gasteiger partial charge >= 0.3 is 0 Å². The van der Waals surface area contributed by atoms with Gasteiger partial charge < -0.3 is 9.62 Å². The molecule has 0 unspecified atom stereocenters. The monoisotopic (exact) mass is 229 g/mol. The Hall–Kier alpha value is -1.03. The van der Waals surface area contributed by atoms with E-state index in [1.54, 1.807) is 18.4 Å². The van der Waals surface area contributed by atoms with Crippen LogP contribution in [-0.4, -0.2) is 11.4 Å². The Kier molecular flexibility index (Phi) is 3.10. The van der Waals surface area contributed by atoms with Crippen molar-refractivity contribution in [3.8, 4) is 0 Å². The Labute approximate surface area is 78.5 Å². The van der Waals surface area contributed by atoms with Crippen LogP contribution < -0.4 is 0 Å². The molecular formula is C8H8BrNO2. The summed E-state index contributed by atoms with van der Waals surface area (Å²) in [6.45, 7) is 1.93. The first-order chi connectivity index (χ1) is 5.75. The van der Waals surface area contributed by atoms with E-state index in [2.05, 4.69) is 21.1 Å². The summed E-state index contributed by atoms with van der Waals surface area (Å²) in [5.41, 5.74) is 1.03. The average molecular weight is 230 g/mol. The van der Waals surface area contributed by atoms with Crippen molar-refractivity contribution in [2.75, 3.05) is 0 Å². The molecule has 4 heteroatoms. The van der Waals surface area contributed by atoms with Crippen molar-refractivity contribution in [1.82, 2.24) is 0 Å². The lowest BCUT2D eigenvalue weighted by molar-refractivity contribution is 0.322. The van der Waals surface area contributed by atoms with Gasteiger partial charge in [-0.2, -0.15) is 0 Å². The van der Waals surface area contributed by atoms with Crippen LogP contribution in [0.3, 0.4) is 0 Å². The lowest BCUT2D eigenvalue weighted by Crippen LogP contribution is -1.71. The van der Waals surface area contributed by atoms with Crippen molar-refractivity contribution in [1.29, 1.82) is 0 Å². The van der Waals surface area contributed by atoms with Crippen molar-refractivity contribution >= 4 is 28.2 Å². The van der Waals surface area contributed by atoms with Crippen LogP contribution in [0.2, 0.25) is 0 Å². The van der Waals surface area contributed by atoms with Gasteiger partial charge in [0.1, 0.15) is 12.0 Å². The van der Waals surface area contributed by atoms with E-state index in [0.717, 1.165) is 15.8 Å². The fourth-order valence-electron chi connectivity index (χ4n) is 0.743. The van der Waals surface area contributed by atoms with Crippen LogP contribution in [-0.2, 0) is 0 Å². The molecule has 12 heavy (non-hydrogen) atoms. The summed E-state index contributed by atoms with van der Waals surface area (Å²) in [7, 11) is 0. The molecule has 1 aromatic rings. The fraction of sp³-hybridized carbons (Fsp3) is 0.125. The zero-order valence-electron chi connectivity index (χ0n) is 6.49. The van der Waals surface area contributed by atoms with Gasteiger partial charge in [-0.15, -0.1) is 0 Å². The Morgan fingerprint density at radius 2 is 2.42 bits per heavy atom. The van der Waals surface area contributed by atoms with Crippen molar-refractivity contribution in [2.45, 2.75) is 6.92 Å². The Morgan fingerprint density at radius 1 is 1.67 bits per heavy atom. The van der Waals surface area contributed by atoms with Crippen LogP contribution in [0.1, 0.15) is 11.3 Å². The third kappa shape index (κ3) is 1.98. The van der Waals surface area contributed by atoms with E-state index in [4.69, 9.17) is 9.62 Å². The second kappa shape index (κ2) is 4.11. The first-order valence-electron chi connectivity index (χ1n) is 3.33. The molecule has 0 saturated heterocycles. The Morgan fingerprint density at radius 3 is 2.92 bits per heavy atom. The number of halogens is 1. The highest BCUT2D eigenvalue weighted by molar-refractivity contribution is 9.10. The fourth-order valence-corrected chi connectivity index (χ4v) is 1.03. The second-order valence-corrected chi connectivity index (χ2v) is 3.05. The molecule has 1 heterocycles. The van der Waals surface area contributed by atoms with E-state index < -0.39 is 0 Å². The van der Waals surface area contributed by atoms with Crippen molar-refractivity contribution in [2.24, 2.45) is 5.16 Å². The number of furan rings is 1. The smallest absolute Gasteiger partial charge is 0.130 e. The van der Waals surface area contributed by atoms with Crippen molar-refractivity contribution in [3.05, 3.63) is 28.1 Å². The van der Waals surface area contributed by atoms with Crippen LogP contribution in [0, 0.1) is 6.92 Å². The maximum atomic E-state index is 8.10. The molecule has 0 radical (unpaired) electrons. The van der Waals surface area contributed by atoms with Gasteiger partial charge in [0.05, 0.1) is 10.7 Å². The average Bonchev–Trinajstić information content (AvgIpc) is 2.36. The molecule has 0 bridgehead atoms. The molecule has 0 saturated carbocycles. The molecule has 64 valence electrons. The van der Waals surface area contributed by atoms with Gasteiger partial charge in [-0.3, -0.25) is 0 Å². The molecule has 0 atom stereocenters. The standard InChI is InChI=1S/C8H8BrNO2/c1-6-7(9)5-12-8(6)3-2-4-10-11/h2-5,11H,1H3/b3-2-,10-4+. The third-order valence-electron chi connectivity index (χ3n) is 1.42. The highest BCUT2D eigenvalue weighted by Gasteiger charge is 2.02. The highest BCUT2D eigenvalue weighted by Crippen LogP contribution is 2.22. The molecule has 0 spiro atoms. The summed E-state index contributed by atoms with van der Waals surface area (Å²) in [4.78, 5) is 0. The Bertz CT molecular complexity index is 315. The lowest BCUT2D eigenvalue weighted by Gasteiger charge is -1.86. The minimum absolute atomic E-state index is 0.752. The number of allylic oxidation sites excluding steroid dienone is 1. The molecule has 0 aromatic carbocycles. The van der Waals surface area contributed by atoms with Crippen molar-refractivity contribution < 1.29 is 9.62 Å². The third-order valence-corrected chi connectivity index (χ3v) is 2.20. The molecule has 0 amide bonds. The quantitative estimate of drug-likeness (QED) is 0.482. The van der Waals surface area contributed by atoms with Crippen LogP contribution >= 0.6 is 15.9 Å². The molecule has 1 N–H and O–H groups in total. The van der Waals surface area contributed by atoms with E-state index in [1.807, 2.05) is 6.92 Å².